The molecule has 4 nitrogen and oxygen atoms in total. The van der Waals surface area contributed by atoms with Gasteiger partial charge in [-0.15, -0.1) is 0 Å². The highest BCUT2D eigenvalue weighted by atomic mass is 16.3. The number of benzene rings is 1. The number of nitrogens with zero attached hydrogens (tertiary/aromatic N) is 2. The van der Waals surface area contributed by atoms with E-state index in [1.807, 2.05) is 30.3 Å². The predicted molar refractivity (Wildman–Crippen MR) is 80.0 cm³/mol. The quantitative estimate of drug-likeness (QED) is 0.802. The molecule has 106 valence electrons. The number of rotatable bonds is 7. The Bertz CT molecular complexity index is 490. The van der Waals surface area contributed by atoms with Crippen molar-refractivity contribution in [3.8, 4) is 0 Å². The lowest BCUT2D eigenvalue weighted by molar-refractivity contribution is 0.146. The van der Waals surface area contributed by atoms with Gasteiger partial charge < -0.3 is 10.8 Å². The first-order valence-electron chi connectivity index (χ1n) is 6.84. The molecule has 1 aromatic carbocycles. The van der Waals surface area contributed by atoms with Crippen LogP contribution in [0.25, 0.3) is 0 Å². The molecule has 0 amide bonds. The van der Waals surface area contributed by atoms with Gasteiger partial charge in [0.1, 0.15) is 0 Å². The van der Waals surface area contributed by atoms with Crippen molar-refractivity contribution in [2.45, 2.75) is 12.6 Å². The zero-order valence-electron chi connectivity index (χ0n) is 11.5. The van der Waals surface area contributed by atoms with Gasteiger partial charge >= 0.3 is 0 Å². The Hall–Kier alpha value is -1.75. The normalized spacial score (nSPS) is 12.6. The summed E-state index contributed by atoms with van der Waals surface area (Å²) < 4.78 is 0. The van der Waals surface area contributed by atoms with E-state index >= 15 is 0 Å². The Morgan fingerprint density at radius 3 is 2.40 bits per heavy atom. The molecule has 0 saturated heterocycles. The van der Waals surface area contributed by atoms with Gasteiger partial charge in [0.15, 0.2) is 0 Å². The monoisotopic (exact) mass is 271 g/mol. The average molecular weight is 271 g/mol. The molecule has 3 N–H and O–H groups in total. The van der Waals surface area contributed by atoms with Crippen molar-refractivity contribution in [1.82, 2.24) is 9.88 Å². The summed E-state index contributed by atoms with van der Waals surface area (Å²) >= 11 is 0. The molecule has 2 aromatic rings. The third kappa shape index (κ3) is 3.87. The zero-order valence-corrected chi connectivity index (χ0v) is 11.5. The topological polar surface area (TPSA) is 62.4 Å². The first-order valence-corrected chi connectivity index (χ1v) is 6.84. The van der Waals surface area contributed by atoms with Crippen molar-refractivity contribution in [1.29, 1.82) is 0 Å². The van der Waals surface area contributed by atoms with E-state index in [1.54, 1.807) is 12.4 Å². The van der Waals surface area contributed by atoms with Crippen LogP contribution >= 0.6 is 0 Å². The zero-order chi connectivity index (χ0) is 14.2. The first-order chi connectivity index (χ1) is 9.85. The molecule has 1 heterocycles. The highest BCUT2D eigenvalue weighted by molar-refractivity contribution is 5.18. The van der Waals surface area contributed by atoms with Crippen LogP contribution in [0.5, 0.6) is 0 Å². The van der Waals surface area contributed by atoms with Crippen molar-refractivity contribution >= 4 is 0 Å². The molecule has 4 heteroatoms. The van der Waals surface area contributed by atoms with Gasteiger partial charge in [0, 0.05) is 38.1 Å². The largest absolute Gasteiger partial charge is 0.395 e. The molecule has 0 fully saturated rings. The molecule has 1 unspecified atom stereocenters. The van der Waals surface area contributed by atoms with E-state index in [1.165, 1.54) is 5.56 Å². The maximum absolute atomic E-state index is 9.31. The van der Waals surface area contributed by atoms with Gasteiger partial charge in [-0.3, -0.25) is 9.88 Å². The number of hydrogen-bond acceptors (Lipinski definition) is 4. The van der Waals surface area contributed by atoms with Crippen molar-refractivity contribution in [2.75, 3.05) is 19.7 Å². The fraction of sp³-hybridized carbons (Fsp3) is 0.312. The second kappa shape index (κ2) is 7.75. The van der Waals surface area contributed by atoms with E-state index in [-0.39, 0.29) is 12.6 Å². The fourth-order valence-corrected chi connectivity index (χ4v) is 2.37. The van der Waals surface area contributed by atoms with Gasteiger partial charge in [0.05, 0.1) is 6.61 Å². The molecule has 0 aliphatic heterocycles. The molecule has 0 aliphatic carbocycles. The van der Waals surface area contributed by atoms with E-state index in [0.29, 0.717) is 13.1 Å². The SMILES string of the molecule is NCC(c1ccncc1)N(CCO)Cc1ccccc1. The highest BCUT2D eigenvalue weighted by Gasteiger charge is 2.18. The van der Waals surface area contributed by atoms with Crippen LogP contribution in [0.3, 0.4) is 0 Å². The fourth-order valence-electron chi connectivity index (χ4n) is 2.37. The summed E-state index contributed by atoms with van der Waals surface area (Å²) in [6, 6.07) is 14.3. The van der Waals surface area contributed by atoms with Crippen LogP contribution in [-0.2, 0) is 6.54 Å². The summed E-state index contributed by atoms with van der Waals surface area (Å²) in [7, 11) is 0. The van der Waals surface area contributed by atoms with Crippen LogP contribution in [0, 0.1) is 0 Å². The van der Waals surface area contributed by atoms with Crippen molar-refractivity contribution < 1.29 is 5.11 Å². The number of aromatic nitrogens is 1. The lowest BCUT2D eigenvalue weighted by Gasteiger charge is -2.30. The van der Waals surface area contributed by atoms with Gasteiger partial charge in [-0.25, -0.2) is 0 Å². The van der Waals surface area contributed by atoms with E-state index < -0.39 is 0 Å². The maximum atomic E-state index is 9.31. The number of aliphatic hydroxyl groups excluding tert-OH is 1. The Kier molecular flexibility index (Phi) is 5.68. The number of aliphatic hydroxyl groups is 1. The molecule has 1 aromatic heterocycles. The number of pyridine rings is 1. The molecular formula is C16H21N3O. The Labute approximate surface area is 119 Å². The molecular weight excluding hydrogens is 250 g/mol. The summed E-state index contributed by atoms with van der Waals surface area (Å²) in [5.41, 5.74) is 8.29. The van der Waals surface area contributed by atoms with Crippen molar-refractivity contribution in [3.63, 3.8) is 0 Å². The summed E-state index contributed by atoms with van der Waals surface area (Å²) in [4.78, 5) is 6.24. The summed E-state index contributed by atoms with van der Waals surface area (Å²) in [5.74, 6) is 0. The molecule has 0 bridgehead atoms. The Morgan fingerprint density at radius 2 is 1.80 bits per heavy atom. The van der Waals surface area contributed by atoms with E-state index in [9.17, 15) is 5.11 Å². The summed E-state index contributed by atoms with van der Waals surface area (Å²) in [5, 5.41) is 9.31. The molecule has 0 radical (unpaired) electrons. The van der Waals surface area contributed by atoms with Crippen LogP contribution in [-0.4, -0.2) is 34.7 Å². The molecule has 2 rings (SSSR count). The van der Waals surface area contributed by atoms with Gasteiger partial charge in [-0.2, -0.15) is 0 Å². The summed E-state index contributed by atoms with van der Waals surface area (Å²) in [6.07, 6.45) is 3.55. The van der Waals surface area contributed by atoms with Gasteiger partial charge in [0.25, 0.3) is 0 Å². The molecule has 0 spiro atoms. The Balaban J connectivity index is 2.17. The van der Waals surface area contributed by atoms with E-state index in [2.05, 4.69) is 22.0 Å². The first kappa shape index (κ1) is 14.7. The van der Waals surface area contributed by atoms with Gasteiger partial charge in [-0.05, 0) is 23.3 Å². The molecule has 0 aliphatic rings. The molecule has 0 saturated carbocycles. The number of nitrogens with two attached hydrogens (primary N) is 1. The van der Waals surface area contributed by atoms with E-state index in [4.69, 9.17) is 5.73 Å². The predicted octanol–water partition coefficient (Wildman–Crippen LogP) is 1.58. The molecule has 20 heavy (non-hydrogen) atoms. The second-order valence-corrected chi connectivity index (χ2v) is 4.71. The summed E-state index contributed by atoms with van der Waals surface area (Å²) in [6.45, 7) is 2.00. The lowest BCUT2D eigenvalue weighted by atomic mass is 10.1. The third-order valence-corrected chi connectivity index (χ3v) is 3.37. The van der Waals surface area contributed by atoms with Crippen LogP contribution < -0.4 is 5.73 Å². The minimum Gasteiger partial charge on any atom is -0.395 e. The maximum Gasteiger partial charge on any atom is 0.0558 e. The minimum atomic E-state index is 0.0883. The smallest absolute Gasteiger partial charge is 0.0558 e. The third-order valence-electron chi connectivity index (χ3n) is 3.37. The van der Waals surface area contributed by atoms with Gasteiger partial charge in [0.2, 0.25) is 0 Å². The van der Waals surface area contributed by atoms with Crippen LogP contribution in [0.2, 0.25) is 0 Å². The second-order valence-electron chi connectivity index (χ2n) is 4.71. The number of hydrogen-bond donors (Lipinski definition) is 2. The van der Waals surface area contributed by atoms with Crippen LogP contribution in [0.1, 0.15) is 17.2 Å². The minimum absolute atomic E-state index is 0.0883. The van der Waals surface area contributed by atoms with Crippen LogP contribution in [0.4, 0.5) is 0 Å². The highest BCUT2D eigenvalue weighted by Crippen LogP contribution is 2.21. The van der Waals surface area contributed by atoms with Crippen LogP contribution in [0.15, 0.2) is 54.9 Å². The van der Waals surface area contributed by atoms with Crippen molar-refractivity contribution in [2.24, 2.45) is 5.73 Å². The van der Waals surface area contributed by atoms with E-state index in [0.717, 1.165) is 12.1 Å². The van der Waals surface area contributed by atoms with Gasteiger partial charge in [-0.1, -0.05) is 30.3 Å². The average Bonchev–Trinajstić information content (AvgIpc) is 2.50. The lowest BCUT2D eigenvalue weighted by Crippen LogP contribution is -2.35. The van der Waals surface area contributed by atoms with Crippen molar-refractivity contribution in [3.05, 3.63) is 66.0 Å². The Morgan fingerprint density at radius 1 is 1.10 bits per heavy atom. The molecule has 1 atom stereocenters. The standard InChI is InChI=1S/C16H21N3O/c17-12-16(15-6-8-18-9-7-15)19(10-11-20)13-14-4-2-1-3-5-14/h1-9,16,20H,10-13,17H2.